The molecule has 4 aromatic rings. The third-order valence-corrected chi connectivity index (χ3v) is 4.47. The Hall–Kier alpha value is -3.41. The van der Waals surface area contributed by atoms with Crippen LogP contribution in [0.2, 0.25) is 0 Å². The maximum Gasteiger partial charge on any atom is 0.257 e. The molecular weight excluding hydrogens is 328 g/mol. The molecule has 0 saturated carbocycles. The number of aryl methyl sites for hydroxylation is 2. The number of hydrogen-bond donors (Lipinski definition) is 1. The molecule has 2 aromatic carbocycles. The summed E-state index contributed by atoms with van der Waals surface area (Å²) in [5.41, 5.74) is 4.22. The van der Waals surface area contributed by atoms with E-state index in [0.717, 1.165) is 28.0 Å². The van der Waals surface area contributed by atoms with Gasteiger partial charge >= 0.3 is 0 Å². The molecule has 0 bridgehead atoms. The second-order valence-corrected chi connectivity index (χ2v) is 6.16. The van der Waals surface area contributed by atoms with Gasteiger partial charge in [-0.3, -0.25) is 4.79 Å². The Kier molecular flexibility index (Phi) is 4.01. The van der Waals surface area contributed by atoms with Crippen LogP contribution in [0.5, 0.6) is 0 Å². The van der Waals surface area contributed by atoms with Gasteiger partial charge in [-0.15, -0.1) is 0 Å². The van der Waals surface area contributed by atoms with Gasteiger partial charge in [-0.25, -0.2) is 4.98 Å². The minimum Gasteiger partial charge on any atom is -0.355 e. The number of aromatic nitrogens is 3. The minimum atomic E-state index is -0.220. The van der Waals surface area contributed by atoms with Gasteiger partial charge in [0.05, 0.1) is 17.2 Å². The smallest absolute Gasteiger partial charge is 0.257 e. The van der Waals surface area contributed by atoms with E-state index in [1.54, 1.807) is 0 Å². The first-order valence-corrected chi connectivity index (χ1v) is 8.34. The van der Waals surface area contributed by atoms with E-state index in [1.165, 1.54) is 6.20 Å². The number of amides is 1. The second-order valence-electron chi connectivity index (χ2n) is 6.16. The molecule has 0 aliphatic rings. The number of imidazole rings is 1. The predicted octanol–water partition coefficient (Wildman–Crippen LogP) is 3.47. The largest absolute Gasteiger partial charge is 0.355 e. The number of benzene rings is 2. The van der Waals surface area contributed by atoms with E-state index in [9.17, 15) is 4.79 Å². The molecule has 0 saturated heterocycles. The fourth-order valence-corrected chi connectivity index (χ4v) is 2.95. The number of nitrogens with one attached hydrogen (secondary N) is 1. The number of carbonyl (C=O) groups is 1. The first kappa shape index (κ1) is 16.1. The molecule has 4 rings (SSSR count). The lowest BCUT2D eigenvalue weighted by Crippen LogP contribution is -2.22. The lowest BCUT2D eigenvalue weighted by Gasteiger charge is -2.06. The Morgan fingerprint density at radius 2 is 2.00 bits per heavy atom. The quantitative estimate of drug-likeness (QED) is 0.614. The molecule has 1 amide bonds. The maximum atomic E-state index is 12.6. The van der Waals surface area contributed by atoms with E-state index < -0.39 is 0 Å². The number of hydrogen-bond acceptors (Lipinski definition) is 4. The van der Waals surface area contributed by atoms with Crippen LogP contribution in [0.25, 0.3) is 22.4 Å². The summed E-state index contributed by atoms with van der Waals surface area (Å²) in [6, 6.07) is 15.5. The molecule has 0 aliphatic heterocycles. The molecule has 0 unspecified atom stereocenters. The maximum absolute atomic E-state index is 12.6. The molecular formula is C20H18N4O2. The fraction of sp³-hybridized carbons (Fsp3) is 0.150. The lowest BCUT2D eigenvalue weighted by molar-refractivity contribution is 0.0951. The molecule has 2 aromatic heterocycles. The second kappa shape index (κ2) is 6.48. The first-order chi connectivity index (χ1) is 12.6. The number of carbonyl (C=O) groups excluding carboxylic acids is 1. The van der Waals surface area contributed by atoms with Crippen LogP contribution < -0.4 is 5.32 Å². The van der Waals surface area contributed by atoms with Crippen LogP contribution in [-0.4, -0.2) is 20.6 Å². The van der Waals surface area contributed by atoms with E-state index in [1.807, 2.05) is 67.1 Å². The number of fused-ring (bicyclic) bond motifs is 1. The van der Waals surface area contributed by atoms with Crippen LogP contribution in [0.3, 0.4) is 0 Å². The molecule has 0 aliphatic carbocycles. The topological polar surface area (TPSA) is 73.0 Å². The zero-order chi connectivity index (χ0) is 18.1. The van der Waals surface area contributed by atoms with Crippen LogP contribution in [-0.2, 0) is 13.6 Å². The molecule has 130 valence electrons. The molecule has 1 N–H and O–H groups in total. The highest BCUT2D eigenvalue weighted by Crippen LogP contribution is 2.23. The Morgan fingerprint density at radius 1 is 1.19 bits per heavy atom. The van der Waals surface area contributed by atoms with Crippen molar-refractivity contribution in [2.45, 2.75) is 13.5 Å². The van der Waals surface area contributed by atoms with Crippen LogP contribution in [0.1, 0.15) is 21.7 Å². The van der Waals surface area contributed by atoms with E-state index >= 15 is 0 Å². The van der Waals surface area contributed by atoms with Gasteiger partial charge in [0.1, 0.15) is 11.4 Å². The zero-order valence-corrected chi connectivity index (χ0v) is 14.6. The van der Waals surface area contributed by atoms with Gasteiger partial charge in [0.15, 0.2) is 5.76 Å². The summed E-state index contributed by atoms with van der Waals surface area (Å²) in [6.45, 7) is 2.38. The van der Waals surface area contributed by atoms with Crippen LogP contribution >= 0.6 is 0 Å². The third-order valence-electron chi connectivity index (χ3n) is 4.47. The van der Waals surface area contributed by atoms with Gasteiger partial charge in [0.25, 0.3) is 5.91 Å². The van der Waals surface area contributed by atoms with Crippen molar-refractivity contribution < 1.29 is 9.32 Å². The third kappa shape index (κ3) is 2.86. The molecule has 0 spiro atoms. The monoisotopic (exact) mass is 346 g/mol. The van der Waals surface area contributed by atoms with Crippen LogP contribution in [0.4, 0.5) is 0 Å². The average molecular weight is 346 g/mol. The highest BCUT2D eigenvalue weighted by Gasteiger charge is 2.17. The van der Waals surface area contributed by atoms with E-state index in [0.29, 0.717) is 17.9 Å². The molecule has 0 atom stereocenters. The summed E-state index contributed by atoms with van der Waals surface area (Å²) in [4.78, 5) is 17.1. The SMILES string of the molecule is Cc1nc2cc(CNC(=O)c3cnoc3-c3ccccc3)ccc2n1C. The molecule has 0 radical (unpaired) electrons. The van der Waals surface area contributed by atoms with Crippen molar-refractivity contribution in [3.8, 4) is 11.3 Å². The molecule has 6 heteroatoms. The summed E-state index contributed by atoms with van der Waals surface area (Å²) in [7, 11) is 1.99. The van der Waals surface area contributed by atoms with E-state index in [4.69, 9.17) is 4.52 Å². The van der Waals surface area contributed by atoms with Crippen LogP contribution in [0.15, 0.2) is 59.3 Å². The summed E-state index contributed by atoms with van der Waals surface area (Å²) in [5.74, 6) is 1.21. The summed E-state index contributed by atoms with van der Waals surface area (Å²) in [6.07, 6.45) is 1.45. The lowest BCUT2D eigenvalue weighted by atomic mass is 10.1. The van der Waals surface area contributed by atoms with Crippen molar-refractivity contribution in [3.05, 3.63) is 71.7 Å². The van der Waals surface area contributed by atoms with Crippen molar-refractivity contribution in [2.75, 3.05) is 0 Å². The van der Waals surface area contributed by atoms with Gasteiger partial charge in [-0.05, 0) is 24.6 Å². The van der Waals surface area contributed by atoms with Gasteiger partial charge < -0.3 is 14.4 Å². The molecule has 6 nitrogen and oxygen atoms in total. The predicted molar refractivity (Wildman–Crippen MR) is 98.6 cm³/mol. The normalized spacial score (nSPS) is 11.0. The van der Waals surface area contributed by atoms with Crippen molar-refractivity contribution in [2.24, 2.45) is 7.05 Å². The van der Waals surface area contributed by atoms with Gasteiger partial charge in [-0.1, -0.05) is 41.6 Å². The van der Waals surface area contributed by atoms with E-state index in [2.05, 4.69) is 15.5 Å². The number of rotatable bonds is 4. The fourth-order valence-electron chi connectivity index (χ4n) is 2.95. The minimum absolute atomic E-state index is 0.220. The molecule has 0 fully saturated rings. The highest BCUT2D eigenvalue weighted by atomic mass is 16.5. The van der Waals surface area contributed by atoms with Gasteiger partial charge in [-0.2, -0.15) is 0 Å². The summed E-state index contributed by atoms with van der Waals surface area (Å²) < 4.78 is 7.32. The summed E-state index contributed by atoms with van der Waals surface area (Å²) >= 11 is 0. The number of nitrogens with zero attached hydrogens (tertiary/aromatic N) is 3. The Morgan fingerprint density at radius 3 is 2.81 bits per heavy atom. The zero-order valence-electron chi connectivity index (χ0n) is 14.6. The summed E-state index contributed by atoms with van der Waals surface area (Å²) in [5, 5.41) is 6.70. The Labute approximate surface area is 150 Å². The molecule has 2 heterocycles. The first-order valence-electron chi connectivity index (χ1n) is 8.34. The Balaban J connectivity index is 1.52. The van der Waals surface area contributed by atoms with Crippen molar-refractivity contribution in [1.29, 1.82) is 0 Å². The highest BCUT2D eigenvalue weighted by molar-refractivity contribution is 5.99. The van der Waals surface area contributed by atoms with Crippen molar-refractivity contribution in [3.63, 3.8) is 0 Å². The average Bonchev–Trinajstić information content (AvgIpc) is 3.26. The van der Waals surface area contributed by atoms with E-state index in [-0.39, 0.29) is 5.91 Å². The van der Waals surface area contributed by atoms with Gasteiger partial charge in [0, 0.05) is 19.2 Å². The Bertz CT molecular complexity index is 1080. The van der Waals surface area contributed by atoms with Crippen molar-refractivity contribution in [1.82, 2.24) is 20.0 Å². The van der Waals surface area contributed by atoms with Gasteiger partial charge in [0.2, 0.25) is 0 Å². The molecule has 26 heavy (non-hydrogen) atoms. The standard InChI is InChI=1S/C20H18N4O2/c1-13-23-17-10-14(8-9-18(17)24(13)2)11-21-20(25)16-12-22-26-19(16)15-6-4-3-5-7-15/h3-10,12H,11H2,1-2H3,(H,21,25). The van der Waals surface area contributed by atoms with Crippen molar-refractivity contribution >= 4 is 16.9 Å². The van der Waals surface area contributed by atoms with Crippen LogP contribution in [0, 0.1) is 6.92 Å².